The standard InChI is InChI=1S/C15H30N2O3/c1-9(2)13(18)11-8-10(16-14(19)20)6-7-12(11)17-15(3,4)5/h9-13,16-18H,6-8H2,1-5H3,(H,19,20)/t10?,11-,12+,13+/m1/s1. The first-order valence-electron chi connectivity index (χ1n) is 7.55. The average Bonchev–Trinajstić information content (AvgIpc) is 2.27. The van der Waals surface area contributed by atoms with Crippen LogP contribution in [0, 0.1) is 11.8 Å². The molecular weight excluding hydrogens is 256 g/mol. The lowest BCUT2D eigenvalue weighted by atomic mass is 9.75. The molecule has 0 aromatic heterocycles. The highest BCUT2D eigenvalue weighted by Gasteiger charge is 2.37. The number of aliphatic hydroxyl groups is 1. The molecule has 5 nitrogen and oxygen atoms in total. The van der Waals surface area contributed by atoms with Crippen LogP contribution in [0.3, 0.4) is 0 Å². The van der Waals surface area contributed by atoms with Gasteiger partial charge in [0.2, 0.25) is 0 Å². The lowest BCUT2D eigenvalue weighted by molar-refractivity contribution is 0.0151. The molecule has 1 saturated carbocycles. The van der Waals surface area contributed by atoms with Gasteiger partial charge in [0.1, 0.15) is 0 Å². The third kappa shape index (κ3) is 5.29. The van der Waals surface area contributed by atoms with Gasteiger partial charge in [0.05, 0.1) is 6.10 Å². The Balaban J connectivity index is 2.77. The number of hydrogen-bond donors (Lipinski definition) is 4. The van der Waals surface area contributed by atoms with Crippen molar-refractivity contribution in [1.82, 2.24) is 10.6 Å². The topological polar surface area (TPSA) is 81.6 Å². The largest absolute Gasteiger partial charge is 0.465 e. The van der Waals surface area contributed by atoms with Gasteiger partial charge in [-0.25, -0.2) is 4.79 Å². The van der Waals surface area contributed by atoms with Crippen molar-refractivity contribution in [1.29, 1.82) is 0 Å². The Labute approximate surface area is 122 Å². The smallest absolute Gasteiger partial charge is 0.404 e. The van der Waals surface area contributed by atoms with Gasteiger partial charge < -0.3 is 20.8 Å². The van der Waals surface area contributed by atoms with E-state index < -0.39 is 12.2 Å². The van der Waals surface area contributed by atoms with Gasteiger partial charge in [0, 0.05) is 23.5 Å². The maximum atomic E-state index is 10.8. The molecule has 0 aromatic carbocycles. The average molecular weight is 286 g/mol. The molecule has 20 heavy (non-hydrogen) atoms. The molecule has 0 aromatic rings. The van der Waals surface area contributed by atoms with Gasteiger partial charge in [-0.05, 0) is 46.0 Å². The summed E-state index contributed by atoms with van der Waals surface area (Å²) in [6.45, 7) is 10.4. The summed E-state index contributed by atoms with van der Waals surface area (Å²) in [6.07, 6.45) is 1.01. The fraction of sp³-hybridized carbons (Fsp3) is 0.933. The summed E-state index contributed by atoms with van der Waals surface area (Å²) < 4.78 is 0. The monoisotopic (exact) mass is 286 g/mol. The zero-order valence-electron chi connectivity index (χ0n) is 13.3. The van der Waals surface area contributed by atoms with Crippen molar-refractivity contribution in [2.45, 2.75) is 77.6 Å². The maximum Gasteiger partial charge on any atom is 0.404 e. The summed E-state index contributed by atoms with van der Waals surface area (Å²) >= 11 is 0. The molecule has 1 amide bonds. The SMILES string of the molecule is CC(C)[C@H](O)[C@@H]1CC(NC(=O)O)CC[C@@H]1NC(C)(C)C. The predicted molar refractivity (Wildman–Crippen MR) is 79.8 cm³/mol. The molecule has 0 heterocycles. The minimum absolute atomic E-state index is 0.00726. The summed E-state index contributed by atoms with van der Waals surface area (Å²) in [5.74, 6) is 0.257. The normalized spacial score (nSPS) is 29.2. The van der Waals surface area contributed by atoms with Gasteiger partial charge in [0.15, 0.2) is 0 Å². The van der Waals surface area contributed by atoms with E-state index in [9.17, 15) is 9.90 Å². The van der Waals surface area contributed by atoms with Crippen molar-refractivity contribution in [2.24, 2.45) is 11.8 Å². The first-order chi connectivity index (χ1) is 9.10. The molecule has 0 aliphatic heterocycles. The number of aliphatic hydroxyl groups excluding tert-OH is 1. The Morgan fingerprint density at radius 2 is 1.85 bits per heavy atom. The predicted octanol–water partition coefficient (Wildman–Crippen LogP) is 2.20. The van der Waals surface area contributed by atoms with Crippen molar-refractivity contribution in [2.75, 3.05) is 0 Å². The van der Waals surface area contributed by atoms with Crippen LogP contribution < -0.4 is 10.6 Å². The lowest BCUT2D eigenvalue weighted by Gasteiger charge is -2.43. The number of carboxylic acid groups (broad SMARTS) is 1. The minimum atomic E-state index is -0.977. The summed E-state index contributed by atoms with van der Waals surface area (Å²) in [5.41, 5.74) is -0.00726. The fourth-order valence-corrected chi connectivity index (χ4v) is 3.12. The Morgan fingerprint density at radius 3 is 2.30 bits per heavy atom. The first-order valence-corrected chi connectivity index (χ1v) is 7.55. The molecule has 1 unspecified atom stereocenters. The van der Waals surface area contributed by atoms with Gasteiger partial charge in [0.25, 0.3) is 0 Å². The van der Waals surface area contributed by atoms with E-state index in [1.807, 2.05) is 13.8 Å². The van der Waals surface area contributed by atoms with Gasteiger partial charge >= 0.3 is 6.09 Å². The number of nitrogens with one attached hydrogen (secondary N) is 2. The molecule has 0 radical (unpaired) electrons. The lowest BCUT2D eigenvalue weighted by Crippen LogP contribution is -2.55. The third-order valence-corrected chi connectivity index (χ3v) is 3.97. The van der Waals surface area contributed by atoms with Crippen LogP contribution in [-0.2, 0) is 0 Å². The molecule has 0 saturated heterocycles. The van der Waals surface area contributed by atoms with Crippen LogP contribution in [0.4, 0.5) is 4.79 Å². The van der Waals surface area contributed by atoms with Crippen molar-refractivity contribution < 1.29 is 15.0 Å². The second kappa shape index (κ2) is 6.76. The van der Waals surface area contributed by atoms with Crippen LogP contribution >= 0.6 is 0 Å². The molecule has 1 aliphatic carbocycles. The molecular formula is C15H30N2O3. The Morgan fingerprint density at radius 1 is 1.25 bits per heavy atom. The summed E-state index contributed by atoms with van der Waals surface area (Å²) in [7, 11) is 0. The van der Waals surface area contributed by atoms with Gasteiger partial charge in [-0.2, -0.15) is 0 Å². The minimum Gasteiger partial charge on any atom is -0.465 e. The van der Waals surface area contributed by atoms with Crippen LogP contribution in [0.5, 0.6) is 0 Å². The zero-order valence-corrected chi connectivity index (χ0v) is 13.3. The molecule has 0 bridgehead atoms. The van der Waals surface area contributed by atoms with Crippen LogP contribution in [-0.4, -0.2) is 40.0 Å². The van der Waals surface area contributed by atoms with Crippen molar-refractivity contribution in [3.05, 3.63) is 0 Å². The molecule has 1 rings (SSSR count). The molecule has 5 heteroatoms. The Hall–Kier alpha value is -0.810. The Kier molecular flexibility index (Phi) is 5.83. The molecule has 0 spiro atoms. The van der Waals surface area contributed by atoms with Crippen LogP contribution in [0.15, 0.2) is 0 Å². The van der Waals surface area contributed by atoms with E-state index in [2.05, 4.69) is 31.4 Å². The van der Waals surface area contributed by atoms with Crippen LogP contribution in [0.25, 0.3) is 0 Å². The highest BCUT2D eigenvalue weighted by atomic mass is 16.4. The van der Waals surface area contributed by atoms with E-state index in [1.54, 1.807) is 0 Å². The zero-order chi connectivity index (χ0) is 15.5. The van der Waals surface area contributed by atoms with Gasteiger partial charge in [-0.3, -0.25) is 0 Å². The van der Waals surface area contributed by atoms with E-state index in [-0.39, 0.29) is 29.5 Å². The molecule has 4 atom stereocenters. The molecule has 1 aliphatic rings. The van der Waals surface area contributed by atoms with E-state index in [0.29, 0.717) is 6.42 Å². The van der Waals surface area contributed by atoms with Crippen molar-refractivity contribution in [3.63, 3.8) is 0 Å². The van der Waals surface area contributed by atoms with E-state index in [4.69, 9.17) is 5.11 Å². The van der Waals surface area contributed by atoms with Gasteiger partial charge in [-0.15, -0.1) is 0 Å². The first kappa shape index (κ1) is 17.2. The summed E-state index contributed by atoms with van der Waals surface area (Å²) in [5, 5.41) is 25.5. The van der Waals surface area contributed by atoms with E-state index in [0.717, 1.165) is 12.8 Å². The van der Waals surface area contributed by atoms with E-state index >= 15 is 0 Å². The van der Waals surface area contributed by atoms with Crippen LogP contribution in [0.2, 0.25) is 0 Å². The van der Waals surface area contributed by atoms with Crippen LogP contribution in [0.1, 0.15) is 53.9 Å². The van der Waals surface area contributed by atoms with Crippen molar-refractivity contribution in [3.8, 4) is 0 Å². The Bertz CT molecular complexity index is 326. The van der Waals surface area contributed by atoms with E-state index in [1.165, 1.54) is 0 Å². The summed E-state index contributed by atoms with van der Waals surface area (Å²) in [4.78, 5) is 10.8. The highest BCUT2D eigenvalue weighted by Crippen LogP contribution is 2.31. The van der Waals surface area contributed by atoms with Crippen molar-refractivity contribution >= 4 is 6.09 Å². The number of carbonyl (C=O) groups is 1. The number of rotatable bonds is 4. The number of amides is 1. The number of hydrogen-bond acceptors (Lipinski definition) is 3. The highest BCUT2D eigenvalue weighted by molar-refractivity contribution is 5.64. The summed E-state index contributed by atoms with van der Waals surface area (Å²) in [6, 6.07) is 0.183. The molecule has 4 N–H and O–H groups in total. The quantitative estimate of drug-likeness (QED) is 0.638. The van der Waals surface area contributed by atoms with Gasteiger partial charge in [-0.1, -0.05) is 13.8 Å². The second-order valence-corrected chi connectivity index (χ2v) is 7.36. The second-order valence-electron chi connectivity index (χ2n) is 7.36. The maximum absolute atomic E-state index is 10.8. The third-order valence-electron chi connectivity index (χ3n) is 3.97. The molecule has 1 fully saturated rings. The fourth-order valence-electron chi connectivity index (χ4n) is 3.12. The molecule has 118 valence electrons.